The van der Waals surface area contributed by atoms with E-state index >= 15 is 0 Å². The van der Waals surface area contributed by atoms with E-state index in [1.54, 1.807) is 19.1 Å². The van der Waals surface area contributed by atoms with Crippen molar-refractivity contribution < 1.29 is 17.9 Å². The molecule has 0 radical (unpaired) electrons. The number of ether oxygens (including phenoxy) is 1. The number of benzene rings is 1. The van der Waals surface area contributed by atoms with Gasteiger partial charge >= 0.3 is 0 Å². The van der Waals surface area contributed by atoms with Gasteiger partial charge in [0.2, 0.25) is 15.7 Å². The minimum atomic E-state index is -3.88. The maximum absolute atomic E-state index is 12.7. The van der Waals surface area contributed by atoms with Gasteiger partial charge in [-0.2, -0.15) is 5.10 Å². The Hall–Kier alpha value is -2.52. The maximum atomic E-state index is 12.7. The number of carbonyl (C=O) groups excluding carboxylic acids is 1. The predicted molar refractivity (Wildman–Crippen MR) is 97.1 cm³/mol. The summed E-state index contributed by atoms with van der Waals surface area (Å²) in [5, 5.41) is 6.30. The highest BCUT2D eigenvalue weighted by molar-refractivity contribution is 7.91. The van der Waals surface area contributed by atoms with Crippen molar-refractivity contribution in [2.24, 2.45) is 0 Å². The number of aryl methyl sites for hydroxylation is 1. The molecule has 1 aliphatic heterocycles. The number of rotatable bonds is 6. The van der Waals surface area contributed by atoms with Crippen LogP contribution in [0.15, 0.2) is 51.1 Å². The highest BCUT2D eigenvalue weighted by atomic mass is 32.2. The molecule has 1 atom stereocenters. The molecule has 27 heavy (non-hydrogen) atoms. The summed E-state index contributed by atoms with van der Waals surface area (Å²) < 4.78 is 31.8. The molecule has 144 valence electrons. The minimum absolute atomic E-state index is 0.0216. The second kappa shape index (κ2) is 8.01. The fourth-order valence-electron chi connectivity index (χ4n) is 2.81. The Balaban J connectivity index is 1.77. The van der Waals surface area contributed by atoms with Gasteiger partial charge in [-0.3, -0.25) is 9.59 Å². The molecule has 0 spiro atoms. The van der Waals surface area contributed by atoms with Gasteiger partial charge in [0.05, 0.1) is 11.0 Å². The van der Waals surface area contributed by atoms with Crippen molar-refractivity contribution in [3.05, 3.63) is 52.3 Å². The van der Waals surface area contributed by atoms with Crippen molar-refractivity contribution in [1.29, 1.82) is 0 Å². The normalized spacial score (nSPS) is 17.0. The first-order valence-electron chi connectivity index (χ1n) is 8.64. The first-order chi connectivity index (χ1) is 12.9. The molecule has 0 unspecified atom stereocenters. The zero-order valence-electron chi connectivity index (χ0n) is 14.9. The number of aromatic nitrogens is 2. The van der Waals surface area contributed by atoms with Gasteiger partial charge in [-0.15, -0.1) is 0 Å². The zero-order valence-corrected chi connectivity index (χ0v) is 15.7. The third kappa shape index (κ3) is 4.61. The standard InChI is InChI=1S/C18H21N3O5S/c1-13-4-2-6-15(10-13)27(24,25)17-7-8-18(23)21(20-17)12-16(22)19-11-14-5-3-9-26-14/h2,4,6-8,10,14H,3,5,9,11-12H2,1H3,(H,19,22)/t14-/m1/s1. The number of carbonyl (C=O) groups is 1. The lowest BCUT2D eigenvalue weighted by molar-refractivity contribution is -0.122. The first kappa shape index (κ1) is 19.2. The molecular formula is C18H21N3O5S. The molecule has 0 saturated carbocycles. The van der Waals surface area contributed by atoms with Crippen LogP contribution in [0.4, 0.5) is 0 Å². The Morgan fingerprint density at radius 3 is 2.85 bits per heavy atom. The largest absolute Gasteiger partial charge is 0.376 e. The van der Waals surface area contributed by atoms with Crippen LogP contribution in [0.3, 0.4) is 0 Å². The molecule has 3 rings (SSSR count). The second-order valence-corrected chi connectivity index (χ2v) is 8.32. The Kier molecular flexibility index (Phi) is 5.71. The topological polar surface area (TPSA) is 107 Å². The number of nitrogens with zero attached hydrogens (tertiary/aromatic N) is 2. The summed E-state index contributed by atoms with van der Waals surface area (Å²) in [5.74, 6) is -0.426. The molecule has 1 amide bonds. The van der Waals surface area contributed by atoms with Crippen molar-refractivity contribution >= 4 is 15.7 Å². The Labute approximate surface area is 157 Å². The quantitative estimate of drug-likeness (QED) is 0.776. The highest BCUT2D eigenvalue weighted by Crippen LogP contribution is 2.18. The van der Waals surface area contributed by atoms with Crippen LogP contribution >= 0.6 is 0 Å². The fourth-order valence-corrected chi connectivity index (χ4v) is 4.11. The first-order valence-corrected chi connectivity index (χ1v) is 10.1. The van der Waals surface area contributed by atoms with Crippen molar-refractivity contribution in [2.75, 3.05) is 13.2 Å². The van der Waals surface area contributed by atoms with Crippen LogP contribution in [0.25, 0.3) is 0 Å². The third-order valence-corrected chi connectivity index (χ3v) is 5.90. The second-order valence-electron chi connectivity index (χ2n) is 6.43. The molecule has 1 aromatic carbocycles. The average molecular weight is 391 g/mol. The molecule has 1 N–H and O–H groups in total. The summed E-state index contributed by atoms with van der Waals surface area (Å²) in [6, 6.07) is 8.67. The number of hydrogen-bond donors (Lipinski definition) is 1. The van der Waals surface area contributed by atoms with E-state index in [9.17, 15) is 18.0 Å². The summed E-state index contributed by atoms with van der Waals surface area (Å²) in [6.45, 7) is 2.46. The van der Waals surface area contributed by atoms with Crippen molar-refractivity contribution in [1.82, 2.24) is 15.1 Å². The van der Waals surface area contributed by atoms with Gasteiger partial charge in [0.1, 0.15) is 6.54 Å². The van der Waals surface area contributed by atoms with E-state index in [0.717, 1.165) is 35.2 Å². The summed E-state index contributed by atoms with van der Waals surface area (Å²) in [7, 11) is -3.88. The predicted octanol–water partition coefficient (Wildman–Crippen LogP) is 0.680. The molecule has 0 bridgehead atoms. The number of nitrogens with one attached hydrogen (secondary N) is 1. The highest BCUT2D eigenvalue weighted by Gasteiger charge is 2.21. The van der Waals surface area contributed by atoms with Gasteiger partial charge in [-0.05, 0) is 43.5 Å². The Morgan fingerprint density at radius 1 is 1.33 bits per heavy atom. The molecule has 1 saturated heterocycles. The number of amides is 1. The van der Waals surface area contributed by atoms with E-state index in [0.29, 0.717) is 13.2 Å². The van der Waals surface area contributed by atoms with Gasteiger partial charge in [0, 0.05) is 19.2 Å². The average Bonchev–Trinajstić information content (AvgIpc) is 3.15. The van der Waals surface area contributed by atoms with Crippen LogP contribution in [0.5, 0.6) is 0 Å². The molecule has 8 nitrogen and oxygen atoms in total. The molecule has 2 heterocycles. The molecule has 1 fully saturated rings. The Bertz CT molecular complexity index is 994. The molecule has 1 aliphatic rings. The van der Waals surface area contributed by atoms with E-state index in [4.69, 9.17) is 4.74 Å². The Morgan fingerprint density at radius 2 is 2.15 bits per heavy atom. The molecule has 9 heteroatoms. The minimum Gasteiger partial charge on any atom is -0.376 e. The van der Waals surface area contributed by atoms with Gasteiger partial charge in [0.25, 0.3) is 5.56 Å². The molecule has 1 aromatic heterocycles. The van der Waals surface area contributed by atoms with E-state index in [1.807, 2.05) is 0 Å². The SMILES string of the molecule is Cc1cccc(S(=O)(=O)c2ccc(=O)n(CC(=O)NC[C@H]3CCCO3)n2)c1. The van der Waals surface area contributed by atoms with Crippen LogP contribution in [0.2, 0.25) is 0 Å². The smallest absolute Gasteiger partial charge is 0.267 e. The molecule has 2 aromatic rings. The van der Waals surface area contributed by atoms with Crippen LogP contribution in [-0.4, -0.2) is 43.4 Å². The summed E-state index contributed by atoms with van der Waals surface area (Å²) in [4.78, 5) is 24.2. The van der Waals surface area contributed by atoms with Crippen LogP contribution in [-0.2, 0) is 25.9 Å². The van der Waals surface area contributed by atoms with Gasteiger partial charge < -0.3 is 10.1 Å². The summed E-state index contributed by atoms with van der Waals surface area (Å²) >= 11 is 0. The summed E-state index contributed by atoms with van der Waals surface area (Å²) in [6.07, 6.45) is 1.81. The molecule has 0 aliphatic carbocycles. The van der Waals surface area contributed by atoms with E-state index in [2.05, 4.69) is 10.4 Å². The van der Waals surface area contributed by atoms with Crippen LogP contribution < -0.4 is 10.9 Å². The number of sulfone groups is 1. The maximum Gasteiger partial charge on any atom is 0.267 e. The number of hydrogen-bond acceptors (Lipinski definition) is 6. The third-order valence-electron chi connectivity index (χ3n) is 4.26. The molecular weight excluding hydrogens is 370 g/mol. The van der Waals surface area contributed by atoms with Crippen molar-refractivity contribution in [3.63, 3.8) is 0 Å². The lowest BCUT2D eigenvalue weighted by Crippen LogP contribution is -2.37. The summed E-state index contributed by atoms with van der Waals surface area (Å²) in [5.41, 5.74) is 0.239. The van der Waals surface area contributed by atoms with Gasteiger partial charge in [-0.1, -0.05) is 12.1 Å². The zero-order chi connectivity index (χ0) is 19.4. The lowest BCUT2D eigenvalue weighted by Gasteiger charge is -2.12. The van der Waals surface area contributed by atoms with Gasteiger partial charge in [-0.25, -0.2) is 13.1 Å². The van der Waals surface area contributed by atoms with Crippen LogP contribution in [0, 0.1) is 6.92 Å². The van der Waals surface area contributed by atoms with Crippen LogP contribution in [0.1, 0.15) is 18.4 Å². The van der Waals surface area contributed by atoms with Crippen molar-refractivity contribution in [2.45, 2.75) is 42.3 Å². The monoisotopic (exact) mass is 391 g/mol. The van der Waals surface area contributed by atoms with Crippen molar-refractivity contribution in [3.8, 4) is 0 Å². The van der Waals surface area contributed by atoms with E-state index in [-0.39, 0.29) is 22.6 Å². The fraction of sp³-hybridized carbons (Fsp3) is 0.389. The van der Waals surface area contributed by atoms with Gasteiger partial charge in [0.15, 0.2) is 5.03 Å². The van der Waals surface area contributed by atoms with E-state index < -0.39 is 21.3 Å². The van der Waals surface area contributed by atoms with E-state index in [1.165, 1.54) is 12.1 Å². The lowest BCUT2D eigenvalue weighted by atomic mass is 10.2.